The van der Waals surface area contributed by atoms with Gasteiger partial charge in [-0.15, -0.1) is 0 Å². The van der Waals surface area contributed by atoms with Crippen molar-refractivity contribution in [3.05, 3.63) is 131 Å². The number of carbonyl (C=O) groups excluding carboxylic acids is 1. The number of amides is 2. The van der Waals surface area contributed by atoms with Crippen molar-refractivity contribution in [2.75, 3.05) is 5.32 Å². The van der Waals surface area contributed by atoms with Crippen molar-refractivity contribution in [3.8, 4) is 11.5 Å². The molecule has 2 amide bonds. The second-order valence-electron chi connectivity index (χ2n) is 8.82. The largest absolute Gasteiger partial charge is 0.322 e. The van der Waals surface area contributed by atoms with Crippen LogP contribution >= 0.6 is 11.6 Å². The van der Waals surface area contributed by atoms with E-state index in [1.54, 1.807) is 12.1 Å². The number of aryl methyl sites for hydroxylation is 1. The minimum atomic E-state index is -0.309. The van der Waals surface area contributed by atoms with Gasteiger partial charge in [0, 0.05) is 22.5 Å². The first-order chi connectivity index (χ1) is 17.6. The maximum atomic E-state index is 13.9. The predicted molar refractivity (Wildman–Crippen MR) is 142 cm³/mol. The summed E-state index contributed by atoms with van der Waals surface area (Å²) in [6.07, 6.45) is 2.04. The summed E-state index contributed by atoms with van der Waals surface area (Å²) in [5, 5.41) is 8.52. The zero-order chi connectivity index (χ0) is 24.6. The van der Waals surface area contributed by atoms with Gasteiger partial charge in [0.1, 0.15) is 5.82 Å². The molecule has 3 heterocycles. The summed E-state index contributed by atoms with van der Waals surface area (Å²) in [5.74, 6) is 0.942. The van der Waals surface area contributed by atoms with Gasteiger partial charge < -0.3 is 14.8 Å². The highest BCUT2D eigenvalue weighted by molar-refractivity contribution is 6.30. The molecule has 1 atom stereocenters. The summed E-state index contributed by atoms with van der Waals surface area (Å²) in [6.45, 7) is 2.39. The van der Waals surface area contributed by atoms with E-state index in [0.717, 1.165) is 34.0 Å². The quantitative estimate of drug-likeness (QED) is 0.302. The fraction of sp³-hybridized carbons (Fsp3) is 0.103. The van der Waals surface area contributed by atoms with Crippen LogP contribution in [-0.4, -0.2) is 25.3 Å². The van der Waals surface area contributed by atoms with Crippen LogP contribution in [0, 0.1) is 6.92 Å². The number of carbonyl (C=O) groups is 1. The van der Waals surface area contributed by atoms with Gasteiger partial charge >= 0.3 is 6.03 Å². The number of hydrogen-bond donors (Lipinski definition) is 1. The van der Waals surface area contributed by atoms with Crippen molar-refractivity contribution >= 4 is 23.3 Å². The molecule has 0 radical (unpaired) electrons. The van der Waals surface area contributed by atoms with Gasteiger partial charge in [-0.05, 0) is 55.0 Å². The number of rotatable bonds is 3. The third-order valence-corrected chi connectivity index (χ3v) is 6.77. The summed E-state index contributed by atoms with van der Waals surface area (Å²) >= 11 is 6.19. The van der Waals surface area contributed by atoms with Crippen molar-refractivity contribution in [2.24, 2.45) is 0 Å². The number of fused-ring (bicyclic) bond motifs is 3. The Balaban J connectivity index is 1.53. The molecule has 0 spiro atoms. The molecule has 6 nitrogen and oxygen atoms in total. The standard InChI is InChI=1S/C29H24ClN5O/c1-20-25-19-34(29(36)31-23-13-8-12-22(30)18-23)27(21-10-4-2-5-11-21)26-16-9-17-33(26)28(25)35(32-20)24-14-6-3-7-15-24/h2-18,27H,19H2,1H3,(H,31,36)/t27-/m1/s1. The van der Waals surface area contributed by atoms with E-state index >= 15 is 0 Å². The minimum Gasteiger partial charge on any atom is -0.308 e. The number of anilines is 1. The van der Waals surface area contributed by atoms with Gasteiger partial charge in [0.25, 0.3) is 0 Å². The second-order valence-corrected chi connectivity index (χ2v) is 9.26. The molecular weight excluding hydrogens is 470 g/mol. The molecule has 0 aliphatic carbocycles. The minimum absolute atomic E-state index is 0.210. The molecule has 2 aromatic heterocycles. The number of hydrogen-bond acceptors (Lipinski definition) is 2. The van der Waals surface area contributed by atoms with Crippen LogP contribution in [0.1, 0.15) is 28.6 Å². The number of nitrogens with zero attached hydrogens (tertiary/aromatic N) is 4. The molecule has 0 saturated heterocycles. The average molecular weight is 494 g/mol. The first-order valence-corrected chi connectivity index (χ1v) is 12.2. The number of urea groups is 1. The first kappa shape index (κ1) is 22.2. The molecule has 0 saturated carbocycles. The number of halogens is 1. The van der Waals surface area contributed by atoms with Crippen LogP contribution in [-0.2, 0) is 6.54 Å². The highest BCUT2D eigenvalue weighted by Crippen LogP contribution is 2.38. The summed E-state index contributed by atoms with van der Waals surface area (Å²) < 4.78 is 4.13. The van der Waals surface area contributed by atoms with Crippen LogP contribution in [0.15, 0.2) is 103 Å². The Kier molecular flexibility index (Phi) is 5.58. The molecule has 1 aliphatic rings. The number of nitrogens with one attached hydrogen (secondary N) is 1. The number of para-hydroxylation sites is 1. The lowest BCUT2D eigenvalue weighted by atomic mass is 10.0. The lowest BCUT2D eigenvalue weighted by Gasteiger charge is -2.31. The van der Waals surface area contributed by atoms with E-state index in [2.05, 4.69) is 28.1 Å². The summed E-state index contributed by atoms with van der Waals surface area (Å²) in [5.41, 5.74) is 5.50. The van der Waals surface area contributed by atoms with Crippen molar-refractivity contribution in [3.63, 3.8) is 0 Å². The molecule has 0 fully saturated rings. The summed E-state index contributed by atoms with van der Waals surface area (Å²) in [6, 6.07) is 31.0. The molecule has 0 unspecified atom stereocenters. The van der Waals surface area contributed by atoms with Crippen molar-refractivity contribution in [2.45, 2.75) is 19.5 Å². The highest BCUT2D eigenvalue weighted by atomic mass is 35.5. The van der Waals surface area contributed by atoms with Crippen LogP contribution in [0.4, 0.5) is 10.5 Å². The molecule has 3 aromatic carbocycles. The molecule has 6 rings (SSSR count). The van der Waals surface area contributed by atoms with Gasteiger partial charge in [-0.3, -0.25) is 0 Å². The van der Waals surface area contributed by atoms with Gasteiger partial charge in [-0.1, -0.05) is 66.2 Å². The van der Waals surface area contributed by atoms with Crippen LogP contribution in [0.2, 0.25) is 5.02 Å². The lowest BCUT2D eigenvalue weighted by Crippen LogP contribution is -2.38. The summed E-state index contributed by atoms with van der Waals surface area (Å²) in [4.78, 5) is 15.8. The smallest absolute Gasteiger partial charge is 0.308 e. The molecule has 5 aromatic rings. The lowest BCUT2D eigenvalue weighted by molar-refractivity contribution is 0.194. The van der Waals surface area contributed by atoms with Crippen molar-refractivity contribution in [1.82, 2.24) is 19.2 Å². The van der Waals surface area contributed by atoms with Gasteiger partial charge in [0.15, 0.2) is 0 Å². The van der Waals surface area contributed by atoms with E-state index in [1.165, 1.54) is 0 Å². The number of aromatic nitrogens is 3. The van der Waals surface area contributed by atoms with Crippen molar-refractivity contribution < 1.29 is 4.79 Å². The van der Waals surface area contributed by atoms with Crippen molar-refractivity contribution in [1.29, 1.82) is 0 Å². The Morgan fingerprint density at radius 3 is 2.44 bits per heavy atom. The van der Waals surface area contributed by atoms with Gasteiger partial charge in [-0.2, -0.15) is 5.10 Å². The maximum Gasteiger partial charge on any atom is 0.322 e. The Morgan fingerprint density at radius 1 is 0.944 bits per heavy atom. The fourth-order valence-electron chi connectivity index (χ4n) is 4.90. The topological polar surface area (TPSA) is 55.1 Å². The summed E-state index contributed by atoms with van der Waals surface area (Å²) in [7, 11) is 0. The van der Waals surface area contributed by atoms with E-state index in [0.29, 0.717) is 17.3 Å². The third kappa shape index (κ3) is 3.85. The second kappa shape index (κ2) is 9.06. The normalized spacial score (nSPS) is 14.6. The monoisotopic (exact) mass is 493 g/mol. The average Bonchev–Trinajstić information content (AvgIpc) is 3.45. The van der Waals surface area contributed by atoms with Gasteiger partial charge in [0.05, 0.1) is 29.7 Å². The van der Waals surface area contributed by atoms with E-state index < -0.39 is 0 Å². The highest BCUT2D eigenvalue weighted by Gasteiger charge is 2.35. The third-order valence-electron chi connectivity index (χ3n) is 6.54. The maximum absolute atomic E-state index is 13.9. The SMILES string of the molecule is Cc1nn(-c2ccccc2)c2c1CN(C(=O)Nc1cccc(Cl)c1)[C@H](c1ccccc1)c1cccn1-2. The van der Waals surface area contributed by atoms with Gasteiger partial charge in [0.2, 0.25) is 0 Å². The molecule has 1 N–H and O–H groups in total. The Labute approximate surface area is 214 Å². The van der Waals surface area contributed by atoms with E-state index in [9.17, 15) is 4.79 Å². The first-order valence-electron chi connectivity index (χ1n) is 11.8. The fourth-order valence-corrected chi connectivity index (χ4v) is 5.09. The molecular formula is C29H24ClN5O. The number of benzene rings is 3. The van der Waals surface area contributed by atoms with Crippen LogP contribution in [0.3, 0.4) is 0 Å². The van der Waals surface area contributed by atoms with E-state index in [4.69, 9.17) is 16.7 Å². The molecule has 178 valence electrons. The van der Waals surface area contributed by atoms with Crippen LogP contribution in [0.25, 0.3) is 11.5 Å². The molecule has 7 heteroatoms. The molecule has 0 bridgehead atoms. The molecule has 36 heavy (non-hydrogen) atoms. The predicted octanol–water partition coefficient (Wildman–Crippen LogP) is 6.76. The Hall–Kier alpha value is -4.29. The Bertz CT molecular complexity index is 1540. The zero-order valence-electron chi connectivity index (χ0n) is 19.7. The van der Waals surface area contributed by atoms with E-state index in [1.807, 2.05) is 89.4 Å². The van der Waals surface area contributed by atoms with Gasteiger partial charge in [-0.25, -0.2) is 9.48 Å². The van der Waals surface area contributed by atoms with E-state index in [-0.39, 0.29) is 12.1 Å². The zero-order valence-corrected chi connectivity index (χ0v) is 20.4. The molecule has 1 aliphatic heterocycles. The van der Waals surface area contributed by atoms with Crippen LogP contribution < -0.4 is 5.32 Å². The Morgan fingerprint density at radius 2 is 1.69 bits per heavy atom. The van der Waals surface area contributed by atoms with Crippen LogP contribution in [0.5, 0.6) is 0 Å².